The van der Waals surface area contributed by atoms with Gasteiger partial charge in [-0.1, -0.05) is 78.4 Å². The number of hydrogen-bond donors (Lipinski definition) is 3. The van der Waals surface area contributed by atoms with Gasteiger partial charge in [-0.05, 0) is 42.4 Å². The number of benzene rings is 3. The first-order valence-electron chi connectivity index (χ1n) is 10.7. The Morgan fingerprint density at radius 1 is 1.00 bits per heavy atom. The van der Waals surface area contributed by atoms with Crippen LogP contribution in [-0.2, 0) is 20.0 Å². The highest BCUT2D eigenvalue weighted by Gasteiger charge is 2.41. The van der Waals surface area contributed by atoms with E-state index < -0.39 is 29.2 Å². The third-order valence-electron chi connectivity index (χ3n) is 5.60. The number of anilines is 1. The minimum Gasteiger partial charge on any atom is -0.372 e. The fourth-order valence-electron chi connectivity index (χ4n) is 3.70. The van der Waals surface area contributed by atoms with Crippen LogP contribution < -0.4 is 15.6 Å². The van der Waals surface area contributed by atoms with E-state index in [2.05, 4.69) is 15.8 Å². The maximum absolute atomic E-state index is 13.1. The summed E-state index contributed by atoms with van der Waals surface area (Å²) < 4.78 is 0. The fourth-order valence-corrected chi connectivity index (χ4v) is 4.00. The van der Waals surface area contributed by atoms with Crippen LogP contribution in [-0.4, -0.2) is 34.2 Å². The molecule has 3 aromatic carbocycles. The molecule has 0 saturated carbocycles. The Balaban J connectivity index is 1.57. The van der Waals surface area contributed by atoms with E-state index in [1.54, 1.807) is 72.8 Å². The van der Waals surface area contributed by atoms with Crippen molar-refractivity contribution in [2.45, 2.75) is 12.5 Å². The molecule has 0 unspecified atom stereocenters. The van der Waals surface area contributed by atoms with Crippen LogP contribution in [0.2, 0.25) is 0 Å². The lowest BCUT2D eigenvalue weighted by atomic mass is 9.85. The molecule has 1 saturated heterocycles. The molecule has 0 spiro atoms. The number of aryl methyl sites for hydroxylation is 1. The first-order chi connectivity index (χ1) is 16.8. The molecule has 1 fully saturated rings. The molecule has 1 heterocycles. The maximum atomic E-state index is 13.1. The van der Waals surface area contributed by atoms with Gasteiger partial charge in [0.2, 0.25) is 5.91 Å². The topological polar surface area (TPSA) is 111 Å². The molecule has 35 heavy (non-hydrogen) atoms. The van der Waals surface area contributed by atoms with Gasteiger partial charge in [0.1, 0.15) is 0 Å². The average Bonchev–Trinajstić information content (AvgIpc) is 2.87. The first-order valence-corrected chi connectivity index (χ1v) is 11.2. The number of thiocarbonyl (C=S) groups is 1. The number of hydrogen-bond acceptors (Lipinski definition) is 6. The monoisotopic (exact) mass is 486 g/mol. The molecule has 0 radical (unpaired) electrons. The van der Waals surface area contributed by atoms with Gasteiger partial charge in [-0.3, -0.25) is 19.3 Å². The normalized spacial score (nSPS) is 16.3. The maximum Gasteiger partial charge on any atom is 0.281 e. The van der Waals surface area contributed by atoms with Crippen molar-refractivity contribution in [2.75, 3.05) is 4.90 Å². The van der Waals surface area contributed by atoms with Gasteiger partial charge >= 0.3 is 0 Å². The van der Waals surface area contributed by atoms with Crippen molar-refractivity contribution >= 4 is 47.0 Å². The third kappa shape index (κ3) is 4.72. The Bertz CT molecular complexity index is 1250. The highest BCUT2D eigenvalue weighted by Crippen LogP contribution is 2.30. The molecule has 8 nitrogen and oxygen atoms in total. The Morgan fingerprint density at radius 3 is 2.09 bits per heavy atom. The van der Waals surface area contributed by atoms with Gasteiger partial charge in [0, 0.05) is 6.21 Å². The van der Waals surface area contributed by atoms with Gasteiger partial charge in [0.15, 0.2) is 16.6 Å². The number of hydrazone groups is 1. The summed E-state index contributed by atoms with van der Waals surface area (Å²) in [6.07, 6.45) is 1.02. The van der Waals surface area contributed by atoms with Gasteiger partial charge in [-0.2, -0.15) is 5.10 Å². The Morgan fingerprint density at radius 2 is 1.54 bits per heavy atom. The summed E-state index contributed by atoms with van der Waals surface area (Å²) in [6.45, 7) is 1.91. The van der Waals surface area contributed by atoms with E-state index in [1.807, 2.05) is 19.1 Å². The predicted molar refractivity (Wildman–Crippen MR) is 135 cm³/mol. The van der Waals surface area contributed by atoms with E-state index in [9.17, 15) is 19.5 Å². The summed E-state index contributed by atoms with van der Waals surface area (Å²) in [7, 11) is 0. The van der Waals surface area contributed by atoms with Crippen molar-refractivity contribution in [1.82, 2.24) is 10.7 Å². The zero-order chi connectivity index (χ0) is 25.0. The second-order valence-corrected chi connectivity index (χ2v) is 8.33. The van der Waals surface area contributed by atoms with Crippen LogP contribution in [0.5, 0.6) is 0 Å². The molecule has 3 amide bonds. The van der Waals surface area contributed by atoms with Crippen molar-refractivity contribution < 1.29 is 19.5 Å². The zero-order valence-electron chi connectivity index (χ0n) is 18.7. The number of aliphatic hydroxyl groups is 1. The summed E-state index contributed by atoms with van der Waals surface area (Å²) >= 11 is 5.19. The Hall–Kier alpha value is -4.21. The van der Waals surface area contributed by atoms with Crippen LogP contribution in [0.1, 0.15) is 16.7 Å². The van der Waals surface area contributed by atoms with Crippen molar-refractivity contribution in [2.24, 2.45) is 11.0 Å². The largest absolute Gasteiger partial charge is 0.372 e. The summed E-state index contributed by atoms with van der Waals surface area (Å²) in [5, 5.41) is 17.7. The molecule has 3 aromatic rings. The highest BCUT2D eigenvalue weighted by molar-refractivity contribution is 7.80. The second kappa shape index (κ2) is 9.96. The van der Waals surface area contributed by atoms with Gasteiger partial charge < -0.3 is 10.4 Å². The molecule has 9 heteroatoms. The number of carbonyl (C=O) groups is 3. The number of carbonyl (C=O) groups excluding carboxylic acids is 3. The van der Waals surface area contributed by atoms with Crippen molar-refractivity contribution in [3.8, 4) is 0 Å². The van der Waals surface area contributed by atoms with E-state index in [0.29, 0.717) is 16.8 Å². The van der Waals surface area contributed by atoms with E-state index in [1.165, 1.54) is 4.90 Å². The second-order valence-electron chi connectivity index (χ2n) is 7.94. The summed E-state index contributed by atoms with van der Waals surface area (Å²) in [6, 6.07) is 23.9. The predicted octanol–water partition coefficient (Wildman–Crippen LogP) is 2.40. The number of rotatable bonds is 6. The van der Waals surface area contributed by atoms with Gasteiger partial charge in [-0.15, -0.1) is 0 Å². The van der Waals surface area contributed by atoms with Crippen molar-refractivity contribution in [3.05, 3.63) is 102 Å². The molecule has 176 valence electrons. The molecule has 0 aromatic heterocycles. The molecule has 0 aliphatic carbocycles. The lowest BCUT2D eigenvalue weighted by molar-refractivity contribution is -0.137. The lowest BCUT2D eigenvalue weighted by Crippen LogP contribution is -2.58. The number of nitrogens with one attached hydrogen (secondary N) is 2. The molecule has 1 atom stereocenters. The van der Waals surface area contributed by atoms with Crippen LogP contribution in [0.4, 0.5) is 5.69 Å². The Kier molecular flexibility index (Phi) is 6.81. The molecule has 1 aliphatic heterocycles. The van der Waals surface area contributed by atoms with E-state index in [4.69, 9.17) is 12.2 Å². The van der Waals surface area contributed by atoms with Crippen LogP contribution in [0, 0.1) is 12.8 Å². The van der Waals surface area contributed by atoms with E-state index in [0.717, 1.165) is 11.8 Å². The third-order valence-corrected chi connectivity index (χ3v) is 5.88. The van der Waals surface area contributed by atoms with Crippen LogP contribution in [0.25, 0.3) is 0 Å². The van der Waals surface area contributed by atoms with Crippen molar-refractivity contribution in [1.29, 1.82) is 0 Å². The molecule has 0 bridgehead atoms. The molecule has 1 aliphatic rings. The molecular weight excluding hydrogens is 464 g/mol. The Labute approximate surface area is 207 Å². The standard InChI is InChI=1S/C26H22N4O4S/c1-17-12-14-20(15-13-17)30-23(32)21(22(31)28-25(30)35)16-27-29-24(33)26(34,18-8-4-2-5-9-18)19-10-6-3-7-11-19/h2-16,21,34H,1H3,(H,29,33)(H,28,31,35)/b27-16+/t21-/m0/s1. The minimum absolute atomic E-state index is 0.0416. The molecule has 3 N–H and O–H groups in total. The highest BCUT2D eigenvalue weighted by atomic mass is 32.1. The summed E-state index contributed by atoms with van der Waals surface area (Å²) in [4.78, 5) is 39.9. The molecular formula is C26H22N4O4S. The zero-order valence-corrected chi connectivity index (χ0v) is 19.5. The van der Waals surface area contributed by atoms with Gasteiger partial charge in [0.25, 0.3) is 11.8 Å². The quantitative estimate of drug-likeness (QED) is 0.214. The molecule has 4 rings (SSSR count). The van der Waals surface area contributed by atoms with Crippen LogP contribution in [0.15, 0.2) is 90.0 Å². The van der Waals surface area contributed by atoms with Crippen LogP contribution >= 0.6 is 12.2 Å². The van der Waals surface area contributed by atoms with Crippen molar-refractivity contribution in [3.63, 3.8) is 0 Å². The van der Waals surface area contributed by atoms with Gasteiger partial charge in [0.05, 0.1) is 5.69 Å². The van der Waals surface area contributed by atoms with E-state index >= 15 is 0 Å². The fraction of sp³-hybridized carbons (Fsp3) is 0.115. The summed E-state index contributed by atoms with van der Waals surface area (Å²) in [5.41, 5.74) is 2.39. The minimum atomic E-state index is -2.05. The van der Waals surface area contributed by atoms with Gasteiger partial charge in [-0.25, -0.2) is 5.43 Å². The first kappa shape index (κ1) is 23.9. The SMILES string of the molecule is Cc1ccc(N2C(=O)[C@@H](/C=N/NC(=O)C(O)(c3ccccc3)c3ccccc3)C(=O)NC2=S)cc1. The smallest absolute Gasteiger partial charge is 0.281 e. The number of amides is 3. The lowest BCUT2D eigenvalue weighted by Gasteiger charge is -2.31. The average molecular weight is 487 g/mol. The van der Waals surface area contributed by atoms with E-state index in [-0.39, 0.29) is 5.11 Å². The number of nitrogens with zero attached hydrogens (tertiary/aromatic N) is 2. The van der Waals surface area contributed by atoms with Crippen LogP contribution in [0.3, 0.4) is 0 Å². The summed E-state index contributed by atoms with van der Waals surface area (Å²) in [5.74, 6) is -3.45.